The summed E-state index contributed by atoms with van der Waals surface area (Å²) in [5, 5.41) is 23.4. The number of amides is 1. The molecule has 6 heteroatoms. The van der Waals surface area contributed by atoms with E-state index >= 15 is 0 Å². The number of hydrogen-bond donors (Lipinski definition) is 3. The number of carbonyl (C=O) groups is 2. The van der Waals surface area contributed by atoms with Crippen molar-refractivity contribution in [3.63, 3.8) is 0 Å². The van der Waals surface area contributed by atoms with Crippen molar-refractivity contribution < 1.29 is 24.5 Å². The van der Waals surface area contributed by atoms with Gasteiger partial charge in [0.2, 0.25) is 5.91 Å². The van der Waals surface area contributed by atoms with Gasteiger partial charge in [-0.15, -0.1) is 0 Å². The van der Waals surface area contributed by atoms with Crippen LogP contribution in [0.15, 0.2) is 36.5 Å². The first-order valence-electron chi connectivity index (χ1n) is 33.7. The van der Waals surface area contributed by atoms with Gasteiger partial charge in [-0.1, -0.05) is 307 Å². The number of unbranched alkanes of at least 4 members (excludes halogenated alkanes) is 46. The summed E-state index contributed by atoms with van der Waals surface area (Å²) in [6, 6.07) is -0.547. The first-order valence-corrected chi connectivity index (χ1v) is 33.7. The Morgan fingerprint density at radius 1 is 0.373 bits per heavy atom. The van der Waals surface area contributed by atoms with Crippen molar-refractivity contribution >= 4 is 11.9 Å². The fourth-order valence-electron chi connectivity index (χ4n) is 10.5. The topological polar surface area (TPSA) is 95.9 Å². The molecule has 0 aromatic rings. The minimum Gasteiger partial charge on any atom is -0.466 e. The van der Waals surface area contributed by atoms with Crippen LogP contribution in [0.1, 0.15) is 367 Å². The van der Waals surface area contributed by atoms with Crippen LogP contribution < -0.4 is 5.32 Å². The average Bonchev–Trinajstić information content (AvgIpc) is 3.41. The van der Waals surface area contributed by atoms with Crippen molar-refractivity contribution in [1.29, 1.82) is 0 Å². The number of allylic oxidation sites excluding steroid dienone is 6. The molecule has 0 radical (unpaired) electrons. The lowest BCUT2D eigenvalue weighted by Gasteiger charge is -2.22. The lowest BCUT2D eigenvalue weighted by Crippen LogP contribution is -2.45. The van der Waals surface area contributed by atoms with Crippen LogP contribution in [-0.2, 0) is 14.3 Å². The van der Waals surface area contributed by atoms with Gasteiger partial charge in [0.15, 0.2) is 0 Å². The Labute approximate surface area is 468 Å². The van der Waals surface area contributed by atoms with Crippen LogP contribution in [0, 0.1) is 0 Å². The number of aliphatic hydroxyl groups excluding tert-OH is 2. The van der Waals surface area contributed by atoms with Gasteiger partial charge < -0.3 is 20.3 Å². The summed E-state index contributed by atoms with van der Waals surface area (Å²) >= 11 is 0. The van der Waals surface area contributed by atoms with Gasteiger partial charge in [-0.05, 0) is 83.5 Å². The van der Waals surface area contributed by atoms with Gasteiger partial charge in [0.1, 0.15) is 0 Å². The molecule has 0 heterocycles. The van der Waals surface area contributed by atoms with Crippen molar-refractivity contribution in [2.45, 2.75) is 379 Å². The second kappa shape index (κ2) is 64.6. The molecular weight excluding hydrogens is 923 g/mol. The second-order valence-corrected chi connectivity index (χ2v) is 23.1. The fourth-order valence-corrected chi connectivity index (χ4v) is 10.5. The molecule has 6 nitrogen and oxygen atoms in total. The van der Waals surface area contributed by atoms with Crippen molar-refractivity contribution in [2.24, 2.45) is 0 Å². The van der Waals surface area contributed by atoms with E-state index in [1.54, 1.807) is 0 Å². The molecule has 0 spiro atoms. The molecule has 0 saturated carbocycles. The lowest BCUT2D eigenvalue weighted by atomic mass is 10.0. The predicted octanol–water partition coefficient (Wildman–Crippen LogP) is 21.5. The molecule has 442 valence electrons. The van der Waals surface area contributed by atoms with Gasteiger partial charge in [-0.2, -0.15) is 0 Å². The molecule has 3 N–H and O–H groups in total. The van der Waals surface area contributed by atoms with Crippen LogP contribution in [0.25, 0.3) is 0 Å². The zero-order chi connectivity index (χ0) is 54.3. The Kier molecular flexibility index (Phi) is 63.0. The molecule has 0 aromatic heterocycles. The van der Waals surface area contributed by atoms with E-state index in [4.69, 9.17) is 4.74 Å². The number of rotatable bonds is 63. The van der Waals surface area contributed by atoms with E-state index in [2.05, 4.69) is 55.6 Å². The third-order valence-electron chi connectivity index (χ3n) is 15.7. The van der Waals surface area contributed by atoms with Gasteiger partial charge in [-0.3, -0.25) is 9.59 Å². The zero-order valence-electron chi connectivity index (χ0n) is 50.5. The number of ether oxygens (including phenoxy) is 1. The standard InChI is InChI=1S/C69H131NO5/c1-3-5-7-9-11-13-15-17-18-19-20-26-29-32-35-38-41-45-49-53-57-61-67(72)66(65-71)70-68(73)62-58-54-50-46-42-39-36-33-30-27-24-22-21-23-25-28-31-34-37-40-44-48-52-56-60-64-75-69(74)63-59-55-51-47-43-16-14-12-10-8-6-4-2/h12,14,22-25,66-67,71-72H,3-11,13,15-21,26-65H2,1-2H3,(H,70,73)/b14-12-,24-22-,25-23-. The predicted molar refractivity (Wildman–Crippen MR) is 329 cm³/mol. The number of hydrogen-bond acceptors (Lipinski definition) is 5. The molecule has 0 aromatic carbocycles. The third kappa shape index (κ3) is 61.2. The molecule has 1 amide bonds. The Morgan fingerprint density at radius 2 is 0.667 bits per heavy atom. The molecule has 0 saturated heterocycles. The minimum atomic E-state index is -0.670. The molecule has 0 rings (SSSR count). The van der Waals surface area contributed by atoms with Gasteiger partial charge in [0, 0.05) is 12.8 Å². The highest BCUT2D eigenvalue weighted by Gasteiger charge is 2.20. The zero-order valence-corrected chi connectivity index (χ0v) is 50.5. The molecule has 0 bridgehead atoms. The summed E-state index contributed by atoms with van der Waals surface area (Å²) in [4.78, 5) is 24.5. The fraction of sp³-hybridized carbons (Fsp3) is 0.884. The van der Waals surface area contributed by atoms with Crippen molar-refractivity contribution in [1.82, 2.24) is 5.32 Å². The van der Waals surface area contributed by atoms with E-state index in [9.17, 15) is 19.8 Å². The van der Waals surface area contributed by atoms with Crippen LogP contribution >= 0.6 is 0 Å². The molecule has 75 heavy (non-hydrogen) atoms. The maximum Gasteiger partial charge on any atom is 0.305 e. The normalized spacial score (nSPS) is 12.7. The monoisotopic (exact) mass is 1050 g/mol. The molecule has 2 atom stereocenters. The number of carbonyl (C=O) groups excluding carboxylic acids is 2. The maximum atomic E-state index is 12.5. The summed E-state index contributed by atoms with van der Waals surface area (Å²) in [6.45, 7) is 4.95. The molecule has 2 unspecified atom stereocenters. The Hall–Kier alpha value is -1.92. The average molecular weight is 1050 g/mol. The van der Waals surface area contributed by atoms with Crippen LogP contribution in [0.5, 0.6) is 0 Å². The first kappa shape index (κ1) is 73.1. The SMILES string of the molecule is CCCCC/C=C\CCCCCCCC(=O)OCCCCCCCCCCC/C=C\C/C=C\CCCCCCCCCCCC(=O)NC(CO)C(O)CCCCCCCCCCCCCCCCCCCCCCC. The summed E-state index contributed by atoms with van der Waals surface area (Å²) in [6.07, 6.45) is 81.7. The highest BCUT2D eigenvalue weighted by atomic mass is 16.5. The highest BCUT2D eigenvalue weighted by molar-refractivity contribution is 5.76. The van der Waals surface area contributed by atoms with E-state index in [0.717, 1.165) is 51.4 Å². The van der Waals surface area contributed by atoms with E-state index in [0.29, 0.717) is 25.9 Å². The summed E-state index contributed by atoms with van der Waals surface area (Å²) < 4.78 is 5.46. The second-order valence-electron chi connectivity index (χ2n) is 23.1. The van der Waals surface area contributed by atoms with Crippen LogP contribution in [-0.4, -0.2) is 47.4 Å². The number of esters is 1. The smallest absolute Gasteiger partial charge is 0.305 e. The van der Waals surface area contributed by atoms with Gasteiger partial charge >= 0.3 is 5.97 Å². The van der Waals surface area contributed by atoms with Crippen LogP contribution in [0.4, 0.5) is 0 Å². The summed E-state index contributed by atoms with van der Waals surface area (Å²) in [5.74, 6) is -0.0385. The van der Waals surface area contributed by atoms with Crippen LogP contribution in [0.2, 0.25) is 0 Å². The quantitative estimate of drug-likeness (QED) is 0.0320. The molecule has 0 aliphatic heterocycles. The first-order chi connectivity index (χ1) is 37.0. The maximum absolute atomic E-state index is 12.5. The Balaban J connectivity index is 3.44. The minimum absolute atomic E-state index is 0.000792. The molecule has 0 aliphatic carbocycles. The highest BCUT2D eigenvalue weighted by Crippen LogP contribution is 2.18. The van der Waals surface area contributed by atoms with E-state index in [1.807, 2.05) is 0 Å². The number of aliphatic hydroxyl groups is 2. The van der Waals surface area contributed by atoms with Gasteiger partial charge in [-0.25, -0.2) is 0 Å². The van der Waals surface area contributed by atoms with E-state index in [1.165, 1.54) is 283 Å². The molecule has 0 aliphatic rings. The van der Waals surface area contributed by atoms with Crippen LogP contribution in [0.3, 0.4) is 0 Å². The molecular formula is C69H131NO5. The Morgan fingerprint density at radius 3 is 1.05 bits per heavy atom. The molecule has 0 fully saturated rings. The third-order valence-corrected chi connectivity index (χ3v) is 15.7. The Bertz CT molecular complexity index is 1210. The largest absolute Gasteiger partial charge is 0.466 e. The van der Waals surface area contributed by atoms with Crippen molar-refractivity contribution in [3.8, 4) is 0 Å². The van der Waals surface area contributed by atoms with E-state index < -0.39 is 12.1 Å². The summed E-state index contributed by atoms with van der Waals surface area (Å²) in [7, 11) is 0. The number of nitrogens with one attached hydrogen (secondary N) is 1. The van der Waals surface area contributed by atoms with Gasteiger partial charge in [0.05, 0.1) is 25.4 Å². The van der Waals surface area contributed by atoms with Crippen molar-refractivity contribution in [3.05, 3.63) is 36.5 Å². The van der Waals surface area contributed by atoms with Crippen molar-refractivity contribution in [2.75, 3.05) is 13.2 Å². The summed E-state index contributed by atoms with van der Waals surface area (Å²) in [5.41, 5.74) is 0. The van der Waals surface area contributed by atoms with E-state index in [-0.39, 0.29) is 18.5 Å². The van der Waals surface area contributed by atoms with Gasteiger partial charge in [0.25, 0.3) is 0 Å². The lowest BCUT2D eigenvalue weighted by molar-refractivity contribution is -0.143.